The molecule has 0 radical (unpaired) electrons. The highest BCUT2D eigenvalue weighted by atomic mass is 35.5. The number of ether oxygens (including phenoxy) is 1. The van der Waals surface area contributed by atoms with Crippen LogP contribution >= 0.6 is 11.6 Å². The van der Waals surface area contributed by atoms with E-state index in [1.54, 1.807) is 35.0 Å². The van der Waals surface area contributed by atoms with Crippen LogP contribution in [0.15, 0.2) is 30.5 Å². The highest BCUT2D eigenvalue weighted by Crippen LogP contribution is 2.15. The van der Waals surface area contributed by atoms with Gasteiger partial charge >= 0.3 is 0 Å². The van der Waals surface area contributed by atoms with Crippen molar-refractivity contribution in [2.45, 2.75) is 6.61 Å². The molecule has 0 aliphatic carbocycles. The van der Waals surface area contributed by atoms with Gasteiger partial charge < -0.3 is 9.30 Å². The summed E-state index contributed by atoms with van der Waals surface area (Å²) in [5, 5.41) is 9.32. The smallest absolute Gasteiger partial charge is 0.147 e. The van der Waals surface area contributed by atoms with E-state index in [2.05, 4.69) is 11.1 Å². The lowest BCUT2D eigenvalue weighted by atomic mass is 10.2. The molecule has 0 aliphatic rings. The van der Waals surface area contributed by atoms with Crippen molar-refractivity contribution in [2.24, 2.45) is 7.05 Å². The van der Waals surface area contributed by atoms with Gasteiger partial charge in [-0.05, 0) is 18.2 Å². The van der Waals surface area contributed by atoms with E-state index in [9.17, 15) is 0 Å². The Hall–Kier alpha value is -1.99. The molecule has 0 bridgehead atoms. The average molecular weight is 248 g/mol. The molecule has 0 amide bonds. The van der Waals surface area contributed by atoms with Crippen molar-refractivity contribution in [3.8, 4) is 11.8 Å². The van der Waals surface area contributed by atoms with Gasteiger partial charge in [0.15, 0.2) is 0 Å². The van der Waals surface area contributed by atoms with Crippen LogP contribution in [-0.4, -0.2) is 9.55 Å². The molecule has 0 atom stereocenters. The summed E-state index contributed by atoms with van der Waals surface area (Å²) in [7, 11) is 1.82. The second-order valence-electron chi connectivity index (χ2n) is 3.48. The van der Waals surface area contributed by atoms with Crippen molar-refractivity contribution >= 4 is 11.6 Å². The van der Waals surface area contributed by atoms with E-state index < -0.39 is 0 Å². The van der Waals surface area contributed by atoms with E-state index in [1.807, 2.05) is 7.05 Å². The zero-order chi connectivity index (χ0) is 12.3. The largest absolute Gasteiger partial charge is 0.486 e. The number of imidazole rings is 1. The topological polar surface area (TPSA) is 50.8 Å². The number of rotatable bonds is 3. The van der Waals surface area contributed by atoms with Crippen LogP contribution in [0.25, 0.3) is 0 Å². The van der Waals surface area contributed by atoms with Crippen LogP contribution in [0, 0.1) is 11.3 Å². The predicted molar refractivity (Wildman–Crippen MR) is 63.7 cm³/mol. The van der Waals surface area contributed by atoms with Crippen LogP contribution in [0.3, 0.4) is 0 Å². The number of nitriles is 1. The lowest BCUT2D eigenvalue weighted by Gasteiger charge is -2.06. The van der Waals surface area contributed by atoms with Gasteiger partial charge in [-0.3, -0.25) is 0 Å². The number of hydrogen-bond donors (Lipinski definition) is 0. The molecule has 0 aliphatic heterocycles. The molecule has 5 heteroatoms. The molecule has 0 N–H and O–H groups in total. The minimum Gasteiger partial charge on any atom is -0.486 e. The fourth-order valence-electron chi connectivity index (χ4n) is 1.36. The fraction of sp³-hybridized carbons (Fsp3) is 0.167. The van der Waals surface area contributed by atoms with Gasteiger partial charge in [0, 0.05) is 7.05 Å². The molecule has 86 valence electrons. The maximum Gasteiger partial charge on any atom is 0.147 e. The van der Waals surface area contributed by atoms with Crippen LogP contribution < -0.4 is 4.74 Å². The normalized spacial score (nSPS) is 9.94. The number of nitrogens with zero attached hydrogens (tertiary/aromatic N) is 3. The summed E-state index contributed by atoms with van der Waals surface area (Å²) >= 11 is 5.86. The van der Waals surface area contributed by atoms with E-state index in [1.165, 1.54) is 0 Å². The molecule has 0 spiro atoms. The average Bonchev–Trinajstić information content (AvgIpc) is 2.68. The van der Waals surface area contributed by atoms with Crippen LogP contribution in [0.4, 0.5) is 0 Å². The number of hydrogen-bond acceptors (Lipinski definition) is 3. The third-order valence-electron chi connectivity index (χ3n) is 2.36. The highest BCUT2D eigenvalue weighted by molar-refractivity contribution is 6.29. The van der Waals surface area contributed by atoms with Gasteiger partial charge in [-0.1, -0.05) is 17.7 Å². The molecular weight excluding hydrogens is 238 g/mol. The lowest BCUT2D eigenvalue weighted by molar-refractivity contribution is 0.292. The van der Waals surface area contributed by atoms with Crippen molar-refractivity contribution in [1.82, 2.24) is 9.55 Å². The Bertz CT molecular complexity index is 571. The van der Waals surface area contributed by atoms with Crippen LogP contribution in [0.5, 0.6) is 5.75 Å². The molecule has 0 unspecified atom stereocenters. The van der Waals surface area contributed by atoms with E-state index >= 15 is 0 Å². The Morgan fingerprint density at radius 3 is 3.00 bits per heavy atom. The van der Waals surface area contributed by atoms with Gasteiger partial charge in [-0.25, -0.2) is 4.98 Å². The minimum absolute atomic E-state index is 0.318. The van der Waals surface area contributed by atoms with Gasteiger partial charge in [-0.2, -0.15) is 5.26 Å². The predicted octanol–water partition coefficient (Wildman–Crippen LogP) is 2.52. The van der Waals surface area contributed by atoms with Crippen LogP contribution in [0.1, 0.15) is 11.4 Å². The first kappa shape index (κ1) is 11.5. The van der Waals surface area contributed by atoms with Gasteiger partial charge in [0.2, 0.25) is 0 Å². The maximum atomic E-state index is 8.76. The van der Waals surface area contributed by atoms with E-state index in [-0.39, 0.29) is 0 Å². The summed E-state index contributed by atoms with van der Waals surface area (Å²) in [5.41, 5.74) is 0.570. The molecule has 17 heavy (non-hydrogen) atoms. The summed E-state index contributed by atoms with van der Waals surface area (Å²) in [4.78, 5) is 4.11. The van der Waals surface area contributed by atoms with Gasteiger partial charge in [0.1, 0.15) is 23.3 Å². The van der Waals surface area contributed by atoms with E-state index in [0.29, 0.717) is 23.1 Å². The first-order valence-electron chi connectivity index (χ1n) is 5.00. The Morgan fingerprint density at radius 2 is 2.35 bits per heavy atom. The van der Waals surface area contributed by atoms with E-state index in [4.69, 9.17) is 21.6 Å². The first-order valence-corrected chi connectivity index (χ1v) is 5.37. The number of benzene rings is 1. The molecule has 2 aromatic rings. The highest BCUT2D eigenvalue weighted by Gasteiger charge is 2.05. The third-order valence-corrected chi connectivity index (χ3v) is 2.71. The van der Waals surface area contributed by atoms with Crippen molar-refractivity contribution < 1.29 is 4.74 Å². The summed E-state index contributed by atoms with van der Waals surface area (Å²) in [6, 6.07) is 9.04. The molecule has 0 saturated carbocycles. The summed E-state index contributed by atoms with van der Waals surface area (Å²) in [6.07, 6.45) is 1.58. The quantitative estimate of drug-likeness (QED) is 0.838. The molecule has 1 aromatic carbocycles. The van der Waals surface area contributed by atoms with Crippen molar-refractivity contribution in [1.29, 1.82) is 5.26 Å². The third kappa shape index (κ3) is 2.58. The standard InChI is InChI=1S/C12H10ClN3O/c1-16-11(13)7-15-12(16)8-17-10-4-2-3-9(5-10)6-14/h2-5,7H,8H2,1H3. The van der Waals surface area contributed by atoms with Crippen molar-refractivity contribution in [3.05, 3.63) is 47.0 Å². The van der Waals surface area contributed by atoms with Gasteiger partial charge in [0.05, 0.1) is 17.8 Å². The number of aromatic nitrogens is 2. The summed E-state index contributed by atoms with van der Waals surface area (Å²) in [6.45, 7) is 0.318. The molecule has 1 heterocycles. The molecule has 1 aromatic heterocycles. The van der Waals surface area contributed by atoms with Crippen molar-refractivity contribution in [3.63, 3.8) is 0 Å². The summed E-state index contributed by atoms with van der Waals surface area (Å²) in [5.74, 6) is 1.38. The van der Waals surface area contributed by atoms with Gasteiger partial charge in [-0.15, -0.1) is 0 Å². The Morgan fingerprint density at radius 1 is 1.53 bits per heavy atom. The maximum absolute atomic E-state index is 8.76. The second-order valence-corrected chi connectivity index (χ2v) is 3.87. The molecule has 0 fully saturated rings. The Balaban J connectivity index is 2.07. The molecule has 4 nitrogen and oxygen atoms in total. The Labute approximate surface area is 104 Å². The van der Waals surface area contributed by atoms with Crippen molar-refractivity contribution in [2.75, 3.05) is 0 Å². The zero-order valence-electron chi connectivity index (χ0n) is 9.22. The monoisotopic (exact) mass is 247 g/mol. The van der Waals surface area contributed by atoms with Crippen LogP contribution in [-0.2, 0) is 13.7 Å². The Kier molecular flexibility index (Phi) is 3.31. The second kappa shape index (κ2) is 4.89. The van der Waals surface area contributed by atoms with E-state index in [0.717, 1.165) is 5.82 Å². The number of halogens is 1. The minimum atomic E-state index is 0.318. The molecule has 2 rings (SSSR count). The SMILES string of the molecule is Cn1c(Cl)cnc1COc1cccc(C#N)c1. The first-order chi connectivity index (χ1) is 8.20. The van der Waals surface area contributed by atoms with Gasteiger partial charge in [0.25, 0.3) is 0 Å². The van der Waals surface area contributed by atoms with Crippen LogP contribution in [0.2, 0.25) is 5.15 Å². The lowest BCUT2D eigenvalue weighted by Crippen LogP contribution is -2.03. The fourth-order valence-corrected chi connectivity index (χ4v) is 1.51. The summed E-state index contributed by atoms with van der Waals surface area (Å²) < 4.78 is 7.28. The zero-order valence-corrected chi connectivity index (χ0v) is 9.98. The molecule has 0 saturated heterocycles. The molecular formula is C12H10ClN3O.